The summed E-state index contributed by atoms with van der Waals surface area (Å²) < 4.78 is 6.77. The number of hydrogen-bond acceptors (Lipinski definition) is 4. The summed E-state index contributed by atoms with van der Waals surface area (Å²) in [5.74, 6) is 0.730. The number of amides is 1. The Morgan fingerprint density at radius 1 is 1.35 bits per heavy atom. The summed E-state index contributed by atoms with van der Waals surface area (Å²) in [5.41, 5.74) is 2.26. The van der Waals surface area contributed by atoms with Crippen molar-refractivity contribution < 1.29 is 9.53 Å². The van der Waals surface area contributed by atoms with Crippen LogP contribution in [0, 0.1) is 0 Å². The number of aromatic nitrogens is 2. The van der Waals surface area contributed by atoms with Crippen molar-refractivity contribution in [3.05, 3.63) is 57.8 Å². The first-order valence-electron chi connectivity index (χ1n) is 7.53. The first-order valence-corrected chi connectivity index (χ1v) is 7.53. The van der Waals surface area contributed by atoms with Gasteiger partial charge >= 0.3 is 0 Å². The monoisotopic (exact) mass is 313 g/mol. The van der Waals surface area contributed by atoms with E-state index in [2.05, 4.69) is 4.98 Å². The summed E-state index contributed by atoms with van der Waals surface area (Å²) in [5, 5.41) is 0. The first kappa shape index (κ1) is 15.3. The molecule has 0 bridgehead atoms. The number of carbonyl (C=O) groups excluding carboxylic acids is 1. The molecule has 0 N–H and O–H groups in total. The smallest absolute Gasteiger partial charge is 0.256 e. The molecule has 6 nitrogen and oxygen atoms in total. The lowest BCUT2D eigenvalue weighted by Crippen LogP contribution is -2.40. The molecule has 0 atom stereocenters. The lowest BCUT2D eigenvalue weighted by Gasteiger charge is -2.28. The van der Waals surface area contributed by atoms with Crippen LogP contribution in [0.2, 0.25) is 0 Å². The van der Waals surface area contributed by atoms with E-state index in [4.69, 9.17) is 4.74 Å². The third-order valence-electron chi connectivity index (χ3n) is 4.17. The van der Waals surface area contributed by atoms with Crippen molar-refractivity contribution in [2.45, 2.75) is 19.4 Å². The van der Waals surface area contributed by atoms with Crippen LogP contribution in [0.1, 0.15) is 16.8 Å². The molecule has 1 aliphatic heterocycles. The number of nitrogens with zero attached hydrogens (tertiary/aromatic N) is 3. The van der Waals surface area contributed by atoms with Gasteiger partial charge in [-0.2, -0.15) is 0 Å². The summed E-state index contributed by atoms with van der Waals surface area (Å²) in [6, 6.07) is 7.51. The summed E-state index contributed by atoms with van der Waals surface area (Å²) >= 11 is 0. The molecule has 0 aliphatic carbocycles. The number of hydrogen-bond donors (Lipinski definition) is 0. The maximum atomic E-state index is 12.6. The summed E-state index contributed by atoms with van der Waals surface area (Å²) in [6.45, 7) is 0.932. The Morgan fingerprint density at radius 2 is 2.13 bits per heavy atom. The number of fused-ring (bicyclic) bond motifs is 1. The Labute approximate surface area is 134 Å². The minimum Gasteiger partial charge on any atom is -0.496 e. The van der Waals surface area contributed by atoms with Crippen LogP contribution >= 0.6 is 0 Å². The molecule has 0 saturated heterocycles. The summed E-state index contributed by atoms with van der Waals surface area (Å²) in [7, 11) is 3.29. The molecule has 0 saturated carbocycles. The van der Waals surface area contributed by atoms with E-state index in [-0.39, 0.29) is 17.9 Å². The van der Waals surface area contributed by atoms with Crippen LogP contribution in [-0.2, 0) is 31.2 Å². The third-order valence-corrected chi connectivity index (χ3v) is 4.17. The van der Waals surface area contributed by atoms with Crippen LogP contribution in [0.25, 0.3) is 0 Å². The molecule has 3 rings (SSSR count). The average Bonchev–Trinajstić information content (AvgIpc) is 2.58. The standard InChI is InChI=1S/C17H19N3O3/c1-19-11-18-14-10-20(8-7-13(14)17(19)22)16(21)9-12-5-3-4-6-15(12)23-2/h3-6,11H,7-10H2,1-2H3. The Kier molecular flexibility index (Phi) is 4.14. The molecule has 1 aromatic carbocycles. The molecular weight excluding hydrogens is 294 g/mol. The average molecular weight is 313 g/mol. The number of carbonyl (C=O) groups is 1. The Balaban J connectivity index is 1.77. The number of benzene rings is 1. The van der Waals surface area contributed by atoms with Crippen LogP contribution in [-0.4, -0.2) is 34.0 Å². The second-order valence-electron chi connectivity index (χ2n) is 5.64. The van der Waals surface area contributed by atoms with Crippen molar-refractivity contribution in [2.75, 3.05) is 13.7 Å². The summed E-state index contributed by atoms with van der Waals surface area (Å²) in [6.07, 6.45) is 2.34. The predicted molar refractivity (Wildman–Crippen MR) is 85.3 cm³/mol. The minimum absolute atomic E-state index is 0.0163. The van der Waals surface area contributed by atoms with Gasteiger partial charge in [0.1, 0.15) is 5.75 Å². The number of rotatable bonds is 3. The van der Waals surface area contributed by atoms with Gasteiger partial charge in [0.05, 0.1) is 32.1 Å². The fourth-order valence-electron chi connectivity index (χ4n) is 2.85. The molecule has 0 spiro atoms. The van der Waals surface area contributed by atoms with E-state index in [9.17, 15) is 9.59 Å². The van der Waals surface area contributed by atoms with Gasteiger partial charge in [0.25, 0.3) is 5.56 Å². The van der Waals surface area contributed by atoms with Crippen LogP contribution in [0.15, 0.2) is 35.4 Å². The van der Waals surface area contributed by atoms with E-state index >= 15 is 0 Å². The van der Waals surface area contributed by atoms with E-state index in [0.29, 0.717) is 31.0 Å². The van der Waals surface area contributed by atoms with Gasteiger partial charge in [-0.15, -0.1) is 0 Å². The largest absolute Gasteiger partial charge is 0.496 e. The van der Waals surface area contributed by atoms with E-state index in [1.807, 2.05) is 24.3 Å². The van der Waals surface area contributed by atoms with Crippen molar-refractivity contribution in [3.8, 4) is 5.75 Å². The minimum atomic E-state index is -0.0215. The normalized spacial score (nSPS) is 13.6. The van der Waals surface area contributed by atoms with Crippen LogP contribution in [0.4, 0.5) is 0 Å². The highest BCUT2D eigenvalue weighted by Gasteiger charge is 2.24. The first-order chi connectivity index (χ1) is 11.1. The summed E-state index contributed by atoms with van der Waals surface area (Å²) in [4.78, 5) is 30.7. The van der Waals surface area contributed by atoms with Crippen molar-refractivity contribution >= 4 is 5.91 Å². The molecule has 6 heteroatoms. The Morgan fingerprint density at radius 3 is 2.91 bits per heavy atom. The topological polar surface area (TPSA) is 64.4 Å². The zero-order valence-electron chi connectivity index (χ0n) is 13.3. The molecule has 120 valence electrons. The number of ether oxygens (including phenoxy) is 1. The molecular formula is C17H19N3O3. The highest BCUT2D eigenvalue weighted by molar-refractivity contribution is 5.79. The van der Waals surface area contributed by atoms with Crippen molar-refractivity contribution in [1.82, 2.24) is 14.5 Å². The molecule has 0 fully saturated rings. The number of aryl methyl sites for hydroxylation is 1. The molecule has 1 aliphatic rings. The molecule has 1 aromatic heterocycles. The molecule has 2 aromatic rings. The van der Waals surface area contributed by atoms with E-state index in [0.717, 1.165) is 11.1 Å². The van der Waals surface area contributed by atoms with Gasteiger partial charge < -0.3 is 14.2 Å². The highest BCUT2D eigenvalue weighted by Crippen LogP contribution is 2.20. The molecule has 1 amide bonds. The molecule has 0 unspecified atom stereocenters. The Bertz CT molecular complexity index is 798. The van der Waals surface area contributed by atoms with Gasteiger partial charge in [0.15, 0.2) is 0 Å². The van der Waals surface area contributed by atoms with E-state index < -0.39 is 0 Å². The van der Waals surface area contributed by atoms with Crippen molar-refractivity contribution in [2.24, 2.45) is 7.05 Å². The zero-order chi connectivity index (χ0) is 16.4. The SMILES string of the molecule is COc1ccccc1CC(=O)N1CCc2c(ncn(C)c2=O)C1. The van der Waals surface area contributed by atoms with Crippen molar-refractivity contribution in [1.29, 1.82) is 0 Å². The molecule has 2 heterocycles. The number of methoxy groups -OCH3 is 1. The third kappa shape index (κ3) is 2.97. The maximum Gasteiger partial charge on any atom is 0.256 e. The number of para-hydroxylation sites is 1. The zero-order valence-corrected chi connectivity index (χ0v) is 13.3. The van der Waals surface area contributed by atoms with Gasteiger partial charge in [-0.05, 0) is 12.5 Å². The van der Waals surface area contributed by atoms with Gasteiger partial charge in [-0.25, -0.2) is 4.98 Å². The molecule has 0 radical (unpaired) electrons. The second-order valence-corrected chi connectivity index (χ2v) is 5.64. The van der Waals surface area contributed by atoms with Crippen LogP contribution in [0.3, 0.4) is 0 Å². The van der Waals surface area contributed by atoms with Crippen LogP contribution < -0.4 is 10.3 Å². The van der Waals surface area contributed by atoms with E-state index in [1.165, 1.54) is 10.9 Å². The lowest BCUT2D eigenvalue weighted by atomic mass is 10.0. The Hall–Kier alpha value is -2.63. The fraction of sp³-hybridized carbons (Fsp3) is 0.353. The maximum absolute atomic E-state index is 12.6. The van der Waals surface area contributed by atoms with Gasteiger partial charge in [0, 0.05) is 24.7 Å². The highest BCUT2D eigenvalue weighted by atomic mass is 16.5. The quantitative estimate of drug-likeness (QED) is 0.845. The van der Waals surface area contributed by atoms with Gasteiger partial charge in [0.2, 0.25) is 5.91 Å². The van der Waals surface area contributed by atoms with Gasteiger partial charge in [-0.3, -0.25) is 9.59 Å². The van der Waals surface area contributed by atoms with E-state index in [1.54, 1.807) is 19.1 Å². The van der Waals surface area contributed by atoms with Crippen molar-refractivity contribution in [3.63, 3.8) is 0 Å². The van der Waals surface area contributed by atoms with Crippen LogP contribution in [0.5, 0.6) is 5.75 Å². The molecule has 23 heavy (non-hydrogen) atoms. The second kappa shape index (κ2) is 6.24. The predicted octanol–water partition coefficient (Wildman–Crippen LogP) is 0.916. The van der Waals surface area contributed by atoms with Gasteiger partial charge in [-0.1, -0.05) is 18.2 Å². The fourth-order valence-corrected chi connectivity index (χ4v) is 2.85. The lowest BCUT2D eigenvalue weighted by molar-refractivity contribution is -0.131.